The van der Waals surface area contributed by atoms with E-state index in [2.05, 4.69) is 0 Å². The van der Waals surface area contributed by atoms with Crippen LogP contribution < -0.4 is 5.73 Å². The summed E-state index contributed by atoms with van der Waals surface area (Å²) in [5, 5.41) is 0. The van der Waals surface area contributed by atoms with Gasteiger partial charge in [0.15, 0.2) is 0 Å². The van der Waals surface area contributed by atoms with Gasteiger partial charge in [-0.15, -0.1) is 0 Å². The number of carbonyl (C=O) groups is 1. The Hall–Kier alpha value is -1.35. The zero-order valence-corrected chi connectivity index (χ0v) is 10.3. The molecule has 0 aromatic heterocycles. The number of likely N-dealkylation sites (N-methyl/N-ethyl adjacent to an activating group) is 1. The van der Waals surface area contributed by atoms with E-state index in [1.165, 1.54) is 12.8 Å². The Kier molecular flexibility index (Phi) is 3.79. The second kappa shape index (κ2) is 5.32. The zero-order valence-electron chi connectivity index (χ0n) is 10.3. The topological polar surface area (TPSA) is 46.3 Å². The van der Waals surface area contributed by atoms with Crippen LogP contribution in [0.1, 0.15) is 37.3 Å². The van der Waals surface area contributed by atoms with Gasteiger partial charge >= 0.3 is 0 Å². The van der Waals surface area contributed by atoms with E-state index in [0.717, 1.165) is 18.4 Å². The minimum Gasteiger partial charge on any atom is -0.341 e. The van der Waals surface area contributed by atoms with E-state index in [-0.39, 0.29) is 5.91 Å². The maximum atomic E-state index is 12.2. The number of rotatable bonds is 3. The lowest BCUT2D eigenvalue weighted by atomic mass is 10.1. The van der Waals surface area contributed by atoms with Crippen LogP contribution in [0.5, 0.6) is 0 Å². The normalized spacial score (nSPS) is 18.0. The van der Waals surface area contributed by atoms with E-state index in [9.17, 15) is 4.79 Å². The number of amides is 1. The molecule has 1 saturated carbocycles. The first-order valence-electron chi connectivity index (χ1n) is 6.27. The second-order valence-corrected chi connectivity index (χ2v) is 4.78. The average Bonchev–Trinajstić information content (AvgIpc) is 2.91. The first-order valence-corrected chi connectivity index (χ1v) is 6.27. The lowest BCUT2D eigenvalue weighted by molar-refractivity contribution is -0.133. The Morgan fingerprint density at radius 2 is 1.88 bits per heavy atom. The number of hydrogen-bond donors (Lipinski definition) is 1. The summed E-state index contributed by atoms with van der Waals surface area (Å²) in [5.41, 5.74) is 6.91. The first kappa shape index (κ1) is 12.1. The second-order valence-electron chi connectivity index (χ2n) is 4.78. The van der Waals surface area contributed by atoms with Crippen LogP contribution in [0.2, 0.25) is 0 Å². The molecule has 0 saturated heterocycles. The Morgan fingerprint density at radius 3 is 2.47 bits per heavy atom. The Bertz CT molecular complexity index is 371. The smallest absolute Gasteiger partial charge is 0.244 e. The summed E-state index contributed by atoms with van der Waals surface area (Å²) in [6.45, 7) is 0. The molecule has 0 bridgehead atoms. The minimum atomic E-state index is -0.526. The maximum Gasteiger partial charge on any atom is 0.244 e. The molecule has 1 unspecified atom stereocenters. The van der Waals surface area contributed by atoms with Gasteiger partial charge in [-0.1, -0.05) is 43.2 Å². The number of benzene rings is 1. The van der Waals surface area contributed by atoms with Crippen LogP contribution in [-0.4, -0.2) is 23.9 Å². The molecule has 1 aromatic rings. The summed E-state index contributed by atoms with van der Waals surface area (Å²) < 4.78 is 0. The average molecular weight is 232 g/mol. The van der Waals surface area contributed by atoms with E-state index in [1.807, 2.05) is 42.3 Å². The van der Waals surface area contributed by atoms with Gasteiger partial charge in [-0.3, -0.25) is 4.79 Å². The summed E-state index contributed by atoms with van der Waals surface area (Å²) in [6, 6.07) is 9.44. The van der Waals surface area contributed by atoms with Gasteiger partial charge in [0.05, 0.1) is 0 Å². The van der Waals surface area contributed by atoms with Crippen molar-refractivity contribution in [3.05, 3.63) is 35.9 Å². The van der Waals surface area contributed by atoms with Gasteiger partial charge in [0, 0.05) is 13.1 Å². The van der Waals surface area contributed by atoms with Crippen LogP contribution in [0.25, 0.3) is 0 Å². The van der Waals surface area contributed by atoms with Crippen molar-refractivity contribution in [2.24, 2.45) is 5.73 Å². The van der Waals surface area contributed by atoms with Crippen LogP contribution in [0.3, 0.4) is 0 Å². The van der Waals surface area contributed by atoms with Crippen LogP contribution >= 0.6 is 0 Å². The molecule has 0 heterocycles. The van der Waals surface area contributed by atoms with Crippen molar-refractivity contribution in [3.8, 4) is 0 Å². The standard InChI is InChI=1S/C14H20N2O/c1-16(12-9-5-6-10-12)14(17)13(15)11-7-3-2-4-8-11/h2-4,7-8,12-13H,5-6,9-10,15H2,1H3. The molecule has 1 atom stereocenters. The fourth-order valence-corrected chi connectivity index (χ4v) is 2.49. The molecule has 0 spiro atoms. The molecule has 1 aliphatic rings. The van der Waals surface area contributed by atoms with Crippen molar-refractivity contribution in [2.75, 3.05) is 7.05 Å². The fraction of sp³-hybridized carbons (Fsp3) is 0.500. The van der Waals surface area contributed by atoms with E-state index in [0.29, 0.717) is 6.04 Å². The molecule has 0 aliphatic heterocycles. The van der Waals surface area contributed by atoms with Gasteiger partial charge < -0.3 is 10.6 Å². The SMILES string of the molecule is CN(C(=O)C(N)c1ccccc1)C1CCCC1. The Balaban J connectivity index is 2.04. The molecule has 17 heavy (non-hydrogen) atoms. The number of hydrogen-bond acceptors (Lipinski definition) is 2. The van der Waals surface area contributed by atoms with E-state index in [1.54, 1.807) is 0 Å². The largest absolute Gasteiger partial charge is 0.341 e. The lowest BCUT2D eigenvalue weighted by Crippen LogP contribution is -2.41. The zero-order chi connectivity index (χ0) is 12.3. The van der Waals surface area contributed by atoms with Gasteiger partial charge in [0.25, 0.3) is 0 Å². The van der Waals surface area contributed by atoms with Crippen molar-refractivity contribution in [3.63, 3.8) is 0 Å². The Morgan fingerprint density at radius 1 is 1.29 bits per heavy atom. The van der Waals surface area contributed by atoms with Crippen LogP contribution in [0.15, 0.2) is 30.3 Å². The summed E-state index contributed by atoms with van der Waals surface area (Å²) >= 11 is 0. The predicted molar refractivity (Wildman–Crippen MR) is 68.4 cm³/mol. The van der Waals surface area contributed by atoms with Gasteiger partial charge in [-0.2, -0.15) is 0 Å². The fourth-order valence-electron chi connectivity index (χ4n) is 2.49. The minimum absolute atomic E-state index is 0.0306. The predicted octanol–water partition coefficient (Wildman–Crippen LogP) is 2.09. The van der Waals surface area contributed by atoms with E-state index < -0.39 is 6.04 Å². The van der Waals surface area contributed by atoms with Crippen LogP contribution in [-0.2, 0) is 4.79 Å². The highest BCUT2D eigenvalue weighted by molar-refractivity contribution is 5.83. The molecular formula is C14H20N2O. The number of nitrogens with two attached hydrogens (primary N) is 1. The third-order valence-corrected chi connectivity index (χ3v) is 3.64. The number of carbonyl (C=O) groups excluding carboxylic acids is 1. The molecule has 1 aromatic carbocycles. The Labute approximate surface area is 103 Å². The molecular weight excluding hydrogens is 212 g/mol. The van der Waals surface area contributed by atoms with Crippen molar-refractivity contribution >= 4 is 5.91 Å². The highest BCUT2D eigenvalue weighted by Crippen LogP contribution is 2.24. The van der Waals surface area contributed by atoms with E-state index in [4.69, 9.17) is 5.73 Å². The molecule has 92 valence electrons. The molecule has 2 rings (SSSR count). The summed E-state index contributed by atoms with van der Waals surface area (Å²) in [6.07, 6.45) is 4.68. The van der Waals surface area contributed by atoms with Crippen molar-refractivity contribution in [1.82, 2.24) is 4.90 Å². The summed E-state index contributed by atoms with van der Waals surface area (Å²) in [4.78, 5) is 14.1. The third kappa shape index (κ3) is 2.67. The highest BCUT2D eigenvalue weighted by Gasteiger charge is 2.27. The quantitative estimate of drug-likeness (QED) is 0.867. The monoisotopic (exact) mass is 232 g/mol. The first-order chi connectivity index (χ1) is 8.20. The van der Waals surface area contributed by atoms with Crippen LogP contribution in [0, 0.1) is 0 Å². The molecule has 1 amide bonds. The van der Waals surface area contributed by atoms with E-state index >= 15 is 0 Å². The molecule has 0 radical (unpaired) electrons. The molecule has 1 fully saturated rings. The summed E-state index contributed by atoms with van der Waals surface area (Å²) in [7, 11) is 1.88. The molecule has 2 N–H and O–H groups in total. The molecule has 3 nitrogen and oxygen atoms in total. The van der Waals surface area contributed by atoms with Crippen molar-refractivity contribution < 1.29 is 4.79 Å². The number of nitrogens with zero attached hydrogens (tertiary/aromatic N) is 1. The maximum absolute atomic E-state index is 12.2. The third-order valence-electron chi connectivity index (χ3n) is 3.64. The van der Waals surface area contributed by atoms with Crippen molar-refractivity contribution in [2.45, 2.75) is 37.8 Å². The van der Waals surface area contributed by atoms with Gasteiger partial charge in [-0.05, 0) is 18.4 Å². The van der Waals surface area contributed by atoms with Crippen molar-refractivity contribution in [1.29, 1.82) is 0 Å². The lowest BCUT2D eigenvalue weighted by Gasteiger charge is -2.27. The molecule has 1 aliphatic carbocycles. The summed E-state index contributed by atoms with van der Waals surface area (Å²) in [5.74, 6) is 0.0306. The van der Waals surface area contributed by atoms with Gasteiger partial charge in [0.2, 0.25) is 5.91 Å². The highest BCUT2D eigenvalue weighted by atomic mass is 16.2. The molecule has 3 heteroatoms. The van der Waals surface area contributed by atoms with Crippen LogP contribution in [0.4, 0.5) is 0 Å². The van der Waals surface area contributed by atoms with Gasteiger partial charge in [0.1, 0.15) is 6.04 Å². The van der Waals surface area contributed by atoms with Gasteiger partial charge in [-0.25, -0.2) is 0 Å².